The van der Waals surface area contributed by atoms with Crippen LogP contribution in [0, 0.1) is 0 Å². The van der Waals surface area contributed by atoms with Crippen molar-refractivity contribution in [2.75, 3.05) is 16.1 Å². The zero-order valence-electron chi connectivity index (χ0n) is 22.2. The summed E-state index contributed by atoms with van der Waals surface area (Å²) >= 11 is -3.02. The summed E-state index contributed by atoms with van der Waals surface area (Å²) in [5.74, 6) is 2.44. The lowest BCUT2D eigenvalue weighted by molar-refractivity contribution is 0.306. The third-order valence-corrected chi connectivity index (χ3v) is 6.81. The van der Waals surface area contributed by atoms with Gasteiger partial charge in [-0.2, -0.15) is 8.80 Å². The van der Waals surface area contributed by atoms with E-state index in [0.717, 1.165) is 19.3 Å². The maximum absolute atomic E-state index is 11.4. The molecule has 0 saturated heterocycles. The van der Waals surface area contributed by atoms with Crippen molar-refractivity contribution >= 4 is 45.4 Å². The van der Waals surface area contributed by atoms with Gasteiger partial charge in [0.1, 0.15) is 28.9 Å². The molecule has 2 aliphatic rings. The number of fused-ring (bicyclic) bond motifs is 2. The number of rotatable bonds is 7. The molecule has 0 saturated carbocycles. The van der Waals surface area contributed by atoms with Gasteiger partial charge < -0.3 is 20.9 Å². The first kappa shape index (κ1) is 29.7. The van der Waals surface area contributed by atoms with Crippen LogP contribution in [0.3, 0.4) is 0 Å². The van der Waals surface area contributed by atoms with E-state index >= 15 is 0 Å². The highest BCUT2D eigenvalue weighted by atomic mass is 32.2. The lowest BCUT2D eigenvalue weighted by Gasteiger charge is -2.18. The molecule has 0 radical (unpaired) electrons. The van der Waals surface area contributed by atoms with Gasteiger partial charge in [-0.15, -0.1) is 0 Å². The van der Waals surface area contributed by atoms with Crippen molar-refractivity contribution in [3.05, 3.63) is 77.9 Å². The number of benzene rings is 3. The summed E-state index contributed by atoms with van der Waals surface area (Å²) in [6.07, 6.45) is 3.30. The average Bonchev–Trinajstić information content (AvgIpc) is 2.93. The second-order valence-electron chi connectivity index (χ2n) is 7.98. The van der Waals surface area contributed by atoms with Crippen LogP contribution in [0.1, 0.15) is 51.2 Å². The normalized spacial score (nSPS) is 16.6. The zero-order chi connectivity index (χ0) is 28.2. The fourth-order valence-corrected chi connectivity index (χ4v) is 4.97. The molecule has 39 heavy (non-hydrogen) atoms. The predicted octanol–water partition coefficient (Wildman–Crippen LogP) is 5.18. The van der Waals surface area contributed by atoms with Gasteiger partial charge >= 0.3 is 0 Å². The van der Waals surface area contributed by atoms with Gasteiger partial charge in [-0.25, -0.2) is 8.42 Å². The van der Waals surface area contributed by atoms with Crippen LogP contribution < -0.4 is 30.4 Å². The van der Waals surface area contributed by atoms with Crippen LogP contribution in [-0.2, 0) is 22.3 Å². The Kier molecular flexibility index (Phi) is 11.3. The highest BCUT2D eigenvalue weighted by molar-refractivity contribution is 7.85. The Morgan fingerprint density at radius 2 is 1.28 bits per heavy atom. The van der Waals surface area contributed by atoms with Crippen molar-refractivity contribution in [1.29, 1.82) is 0 Å². The van der Waals surface area contributed by atoms with E-state index in [9.17, 15) is 8.42 Å². The molecule has 2 heterocycles. The van der Waals surface area contributed by atoms with Crippen LogP contribution in [0.2, 0.25) is 0 Å². The van der Waals surface area contributed by atoms with Gasteiger partial charge in [0.15, 0.2) is 0 Å². The number of ether oxygens (including phenoxy) is 2. The number of para-hydroxylation sites is 1. The second-order valence-corrected chi connectivity index (χ2v) is 9.75. The highest BCUT2D eigenvalue weighted by Crippen LogP contribution is 2.33. The number of amidine groups is 2. The van der Waals surface area contributed by atoms with Crippen LogP contribution in [-0.4, -0.2) is 26.7 Å². The quantitative estimate of drug-likeness (QED) is 0.287. The molecule has 0 spiro atoms. The van der Waals surface area contributed by atoms with Crippen molar-refractivity contribution in [3.8, 4) is 17.2 Å². The van der Waals surface area contributed by atoms with Gasteiger partial charge in [-0.05, 0) is 42.8 Å². The third kappa shape index (κ3) is 8.04. The van der Waals surface area contributed by atoms with E-state index < -0.39 is 22.3 Å². The van der Waals surface area contributed by atoms with Gasteiger partial charge in [-0.3, -0.25) is 9.44 Å². The standard InChI is InChI=1S/C13H11N3O2S.C12H17N3O2S.C2H6/c14-13-12-10(15-19(17)16-13)7-4-8-11(12)18-9-5-2-1-3-6-9;1-2-3-4-8-17-10-7-5-6-9-11(10)12(13)15-18(16)14-9;1-2/h1-8,15H,(H2,14,16);5-7,14H,2-4,8H2,1H3,(H2,13,15);1-2H3. The van der Waals surface area contributed by atoms with E-state index in [1.54, 1.807) is 18.2 Å². The maximum Gasteiger partial charge on any atom is 0.245 e. The highest BCUT2D eigenvalue weighted by Gasteiger charge is 2.21. The monoisotopic (exact) mass is 570 g/mol. The van der Waals surface area contributed by atoms with E-state index in [-0.39, 0.29) is 11.7 Å². The summed E-state index contributed by atoms with van der Waals surface area (Å²) in [4.78, 5) is 0. The molecule has 0 aliphatic carbocycles. The van der Waals surface area contributed by atoms with Gasteiger partial charge in [0.25, 0.3) is 0 Å². The van der Waals surface area contributed by atoms with E-state index in [1.807, 2.05) is 62.4 Å². The van der Waals surface area contributed by atoms with Crippen molar-refractivity contribution < 1.29 is 17.9 Å². The first-order chi connectivity index (χ1) is 19.0. The largest absolute Gasteiger partial charge is 0.493 e. The molecule has 208 valence electrons. The van der Waals surface area contributed by atoms with E-state index in [0.29, 0.717) is 46.4 Å². The van der Waals surface area contributed by atoms with Crippen molar-refractivity contribution in [2.45, 2.75) is 40.0 Å². The van der Waals surface area contributed by atoms with Crippen LogP contribution in [0.25, 0.3) is 0 Å². The Labute approximate surface area is 234 Å². The summed E-state index contributed by atoms with van der Waals surface area (Å²) < 4.78 is 47.3. The van der Waals surface area contributed by atoms with Crippen LogP contribution >= 0.6 is 0 Å². The van der Waals surface area contributed by atoms with Gasteiger partial charge in [-0.1, -0.05) is 63.9 Å². The third-order valence-electron chi connectivity index (χ3n) is 5.30. The molecule has 0 amide bonds. The molecule has 12 heteroatoms. The molecule has 0 fully saturated rings. The minimum atomic E-state index is -1.53. The number of hydrogen-bond donors (Lipinski definition) is 4. The topological polar surface area (TPSA) is 153 Å². The van der Waals surface area contributed by atoms with Gasteiger partial charge in [0, 0.05) is 0 Å². The van der Waals surface area contributed by atoms with Crippen molar-refractivity contribution in [2.24, 2.45) is 20.3 Å². The van der Waals surface area contributed by atoms with E-state index in [4.69, 9.17) is 20.9 Å². The fourth-order valence-electron chi connectivity index (χ4n) is 3.62. The summed E-state index contributed by atoms with van der Waals surface area (Å²) in [5, 5.41) is 0. The average molecular weight is 571 g/mol. The minimum Gasteiger partial charge on any atom is -0.493 e. The SMILES string of the molecule is CC.CCCCCOc1cccc2c1C(N)=NS(=O)N2.NC1=NS(=O)Nc2cccc(Oc3ccccc3)c21. The Balaban J connectivity index is 0.000000203. The van der Waals surface area contributed by atoms with E-state index in [1.165, 1.54) is 0 Å². The van der Waals surface area contributed by atoms with Crippen LogP contribution in [0.5, 0.6) is 17.2 Å². The number of unbranched alkanes of at least 4 members (excludes halogenated alkanes) is 2. The molecule has 0 aromatic heterocycles. The molecule has 0 bridgehead atoms. The molecule has 5 rings (SSSR count). The summed E-state index contributed by atoms with van der Waals surface area (Å²) in [7, 11) is 0. The predicted molar refractivity (Wildman–Crippen MR) is 161 cm³/mol. The Hall–Kier alpha value is -3.90. The molecule has 2 unspecified atom stereocenters. The maximum atomic E-state index is 11.4. The zero-order valence-corrected chi connectivity index (χ0v) is 23.8. The number of nitrogens with two attached hydrogens (primary N) is 2. The summed E-state index contributed by atoms with van der Waals surface area (Å²) in [6.45, 7) is 6.80. The minimum absolute atomic E-state index is 0.207. The molecule has 10 nitrogen and oxygen atoms in total. The fraction of sp³-hybridized carbons (Fsp3) is 0.259. The Morgan fingerprint density at radius 1 is 0.744 bits per heavy atom. The van der Waals surface area contributed by atoms with Crippen molar-refractivity contribution in [3.63, 3.8) is 0 Å². The van der Waals surface area contributed by atoms with Crippen molar-refractivity contribution in [1.82, 2.24) is 0 Å². The lowest BCUT2D eigenvalue weighted by Crippen LogP contribution is -2.24. The first-order valence-corrected chi connectivity index (χ1v) is 14.9. The molecule has 3 aromatic rings. The summed E-state index contributed by atoms with van der Waals surface area (Å²) in [6, 6.07) is 20.3. The Bertz CT molecular complexity index is 1370. The number of hydrogen-bond acceptors (Lipinski definition) is 6. The molecule has 2 aliphatic heterocycles. The first-order valence-electron chi connectivity index (χ1n) is 12.6. The van der Waals surface area contributed by atoms with Crippen LogP contribution in [0.15, 0.2) is 75.5 Å². The number of anilines is 2. The molecular formula is C27H34N6O4S2. The van der Waals surface area contributed by atoms with Gasteiger partial charge in [0.2, 0.25) is 22.3 Å². The molecular weight excluding hydrogens is 536 g/mol. The number of nitrogens with zero attached hydrogens (tertiary/aromatic N) is 2. The Morgan fingerprint density at radius 3 is 1.85 bits per heavy atom. The smallest absolute Gasteiger partial charge is 0.245 e. The van der Waals surface area contributed by atoms with Crippen LogP contribution in [0.4, 0.5) is 11.4 Å². The molecule has 2 atom stereocenters. The lowest BCUT2D eigenvalue weighted by atomic mass is 10.1. The number of nitrogens with one attached hydrogen (secondary N) is 2. The van der Waals surface area contributed by atoms with Gasteiger partial charge in [0.05, 0.1) is 29.1 Å². The van der Waals surface area contributed by atoms with E-state index in [2.05, 4.69) is 25.2 Å². The molecule has 3 aromatic carbocycles. The summed E-state index contributed by atoms with van der Waals surface area (Å²) in [5.41, 5.74) is 14.3. The second kappa shape index (κ2) is 14.9. The molecule has 6 N–H and O–H groups in total.